The van der Waals surface area contributed by atoms with Gasteiger partial charge in [-0.25, -0.2) is 0 Å². The highest BCUT2D eigenvalue weighted by molar-refractivity contribution is 5.98. The van der Waals surface area contributed by atoms with Gasteiger partial charge in [0, 0.05) is 11.6 Å². The van der Waals surface area contributed by atoms with Crippen LogP contribution in [-0.2, 0) is 5.72 Å². The van der Waals surface area contributed by atoms with Crippen molar-refractivity contribution in [1.82, 2.24) is 5.32 Å². The molecule has 0 fully saturated rings. The summed E-state index contributed by atoms with van der Waals surface area (Å²) in [6.07, 6.45) is -5.04. The van der Waals surface area contributed by atoms with Crippen molar-refractivity contribution < 1.29 is 27.4 Å². The number of fused-ring (bicyclic) bond motifs is 1. The summed E-state index contributed by atoms with van der Waals surface area (Å²) < 4.78 is 52.8. The van der Waals surface area contributed by atoms with Crippen molar-refractivity contribution >= 4 is 5.91 Å². The molecule has 1 heterocycles. The summed E-state index contributed by atoms with van der Waals surface area (Å²) in [6, 6.07) is 9.87. The number of aryl methyl sites for hydroxylation is 1. The molecule has 0 spiro atoms. The van der Waals surface area contributed by atoms with E-state index >= 15 is 0 Å². The van der Waals surface area contributed by atoms with Crippen LogP contribution in [0.2, 0.25) is 0 Å². The highest BCUT2D eigenvalue weighted by Gasteiger charge is 2.62. The maximum Gasteiger partial charge on any atom is 0.453 e. The number of nitrogens with one attached hydrogen (secondary N) is 1. The monoisotopic (exact) mass is 365 g/mol. The summed E-state index contributed by atoms with van der Waals surface area (Å²) in [5, 5.41) is 2.00. The van der Waals surface area contributed by atoms with Crippen molar-refractivity contribution in [2.45, 2.75) is 38.8 Å². The maximum absolute atomic E-state index is 14.0. The number of rotatable bonds is 3. The van der Waals surface area contributed by atoms with Crippen LogP contribution in [0, 0.1) is 6.92 Å². The molecule has 1 N–H and O–H groups in total. The molecule has 0 aliphatic carbocycles. The number of amides is 1. The molecule has 1 aliphatic rings. The van der Waals surface area contributed by atoms with E-state index in [1.54, 1.807) is 20.8 Å². The van der Waals surface area contributed by atoms with Crippen molar-refractivity contribution in [2.24, 2.45) is 0 Å². The maximum atomic E-state index is 14.0. The Hall–Kier alpha value is -2.70. The molecule has 1 atom stereocenters. The molecule has 26 heavy (non-hydrogen) atoms. The molecule has 0 radical (unpaired) electrons. The minimum Gasteiger partial charge on any atom is -0.491 e. The molecular weight excluding hydrogens is 347 g/mol. The van der Waals surface area contributed by atoms with E-state index in [-0.39, 0.29) is 23.0 Å². The summed E-state index contributed by atoms with van der Waals surface area (Å²) >= 11 is 0. The summed E-state index contributed by atoms with van der Waals surface area (Å²) in [4.78, 5) is 12.4. The summed E-state index contributed by atoms with van der Waals surface area (Å²) in [6.45, 7) is 5.34. The second-order valence-corrected chi connectivity index (χ2v) is 6.43. The van der Waals surface area contributed by atoms with E-state index in [2.05, 4.69) is 0 Å². The van der Waals surface area contributed by atoms with Gasteiger partial charge < -0.3 is 14.8 Å². The number of carbonyl (C=O) groups excluding carboxylic acids is 1. The van der Waals surface area contributed by atoms with Gasteiger partial charge in [-0.05, 0) is 32.9 Å². The van der Waals surface area contributed by atoms with Gasteiger partial charge in [-0.15, -0.1) is 0 Å². The largest absolute Gasteiger partial charge is 0.491 e. The van der Waals surface area contributed by atoms with E-state index in [0.717, 1.165) is 5.56 Å². The van der Waals surface area contributed by atoms with Crippen molar-refractivity contribution in [3.8, 4) is 11.5 Å². The molecule has 2 aromatic carbocycles. The lowest BCUT2D eigenvalue weighted by molar-refractivity contribution is -0.265. The minimum atomic E-state index is -4.87. The average molecular weight is 365 g/mol. The Morgan fingerprint density at radius 1 is 1.12 bits per heavy atom. The van der Waals surface area contributed by atoms with Crippen LogP contribution in [0.1, 0.15) is 35.3 Å². The van der Waals surface area contributed by atoms with E-state index < -0.39 is 17.8 Å². The van der Waals surface area contributed by atoms with Gasteiger partial charge in [0.05, 0.1) is 11.7 Å². The highest BCUT2D eigenvalue weighted by atomic mass is 19.4. The Kier molecular flexibility index (Phi) is 4.34. The third-order valence-corrected chi connectivity index (χ3v) is 3.98. The smallest absolute Gasteiger partial charge is 0.453 e. The number of ether oxygens (including phenoxy) is 2. The topological polar surface area (TPSA) is 47.6 Å². The van der Waals surface area contributed by atoms with Crippen molar-refractivity contribution in [2.75, 3.05) is 0 Å². The first-order valence-corrected chi connectivity index (χ1v) is 8.08. The summed E-state index contributed by atoms with van der Waals surface area (Å²) in [5.74, 6) is -0.710. The van der Waals surface area contributed by atoms with Crippen LogP contribution >= 0.6 is 0 Å². The highest BCUT2D eigenvalue weighted by Crippen LogP contribution is 2.45. The molecule has 7 heteroatoms. The fraction of sp³-hybridized carbons (Fsp3) is 0.316. The van der Waals surface area contributed by atoms with Crippen LogP contribution in [0.3, 0.4) is 0 Å². The second-order valence-electron chi connectivity index (χ2n) is 6.43. The van der Waals surface area contributed by atoms with E-state index in [1.807, 2.05) is 5.32 Å². The van der Waals surface area contributed by atoms with E-state index in [1.165, 1.54) is 42.5 Å². The first-order valence-electron chi connectivity index (χ1n) is 8.08. The normalized spacial score (nSPS) is 19.6. The quantitative estimate of drug-likeness (QED) is 0.881. The van der Waals surface area contributed by atoms with Crippen LogP contribution < -0.4 is 14.8 Å². The SMILES string of the molecule is Cc1ccc([C@@]2(C(F)(F)F)NC(=O)c3ccc(OC(C)C)cc3O2)cc1. The number of hydrogen-bond donors (Lipinski definition) is 1. The van der Waals surface area contributed by atoms with Crippen molar-refractivity contribution in [3.63, 3.8) is 0 Å². The van der Waals surface area contributed by atoms with Crippen LogP contribution in [0.25, 0.3) is 0 Å². The molecule has 0 aromatic heterocycles. The predicted molar refractivity (Wildman–Crippen MR) is 89.2 cm³/mol. The zero-order valence-corrected chi connectivity index (χ0v) is 14.5. The van der Waals surface area contributed by atoms with Crippen LogP contribution in [-0.4, -0.2) is 18.2 Å². The number of benzene rings is 2. The van der Waals surface area contributed by atoms with Gasteiger partial charge in [-0.1, -0.05) is 29.8 Å². The van der Waals surface area contributed by atoms with E-state index in [0.29, 0.717) is 5.75 Å². The van der Waals surface area contributed by atoms with Gasteiger partial charge in [0.15, 0.2) is 0 Å². The van der Waals surface area contributed by atoms with Gasteiger partial charge in [-0.2, -0.15) is 13.2 Å². The van der Waals surface area contributed by atoms with Gasteiger partial charge in [-0.3, -0.25) is 4.79 Å². The lowest BCUT2D eigenvalue weighted by Gasteiger charge is -2.40. The van der Waals surface area contributed by atoms with Gasteiger partial charge in [0.1, 0.15) is 11.5 Å². The van der Waals surface area contributed by atoms with Crippen LogP contribution in [0.5, 0.6) is 11.5 Å². The second kappa shape index (κ2) is 6.23. The Morgan fingerprint density at radius 3 is 2.35 bits per heavy atom. The van der Waals surface area contributed by atoms with Gasteiger partial charge in [0.2, 0.25) is 0 Å². The zero-order chi connectivity index (χ0) is 19.1. The molecule has 1 aliphatic heterocycles. The fourth-order valence-electron chi connectivity index (χ4n) is 2.75. The lowest BCUT2D eigenvalue weighted by atomic mass is 9.97. The fourth-order valence-corrected chi connectivity index (χ4v) is 2.75. The molecule has 0 saturated carbocycles. The van der Waals surface area contributed by atoms with Crippen LogP contribution in [0.4, 0.5) is 13.2 Å². The zero-order valence-electron chi connectivity index (χ0n) is 14.5. The molecule has 0 saturated heterocycles. The Bertz CT molecular complexity index is 831. The minimum absolute atomic E-state index is 0.0214. The third kappa shape index (κ3) is 3.09. The van der Waals surface area contributed by atoms with Crippen molar-refractivity contribution in [3.05, 3.63) is 59.2 Å². The first-order chi connectivity index (χ1) is 12.1. The van der Waals surface area contributed by atoms with Gasteiger partial charge in [0.25, 0.3) is 5.91 Å². The molecule has 2 aromatic rings. The average Bonchev–Trinajstić information content (AvgIpc) is 2.53. The van der Waals surface area contributed by atoms with E-state index in [4.69, 9.17) is 9.47 Å². The molecule has 138 valence electrons. The lowest BCUT2D eigenvalue weighted by Crippen LogP contribution is -2.62. The number of halogens is 3. The molecule has 4 nitrogen and oxygen atoms in total. The Morgan fingerprint density at radius 2 is 1.77 bits per heavy atom. The first kappa shape index (κ1) is 18.1. The van der Waals surface area contributed by atoms with E-state index in [9.17, 15) is 18.0 Å². The predicted octanol–water partition coefficient (Wildman–Crippen LogP) is 4.32. The van der Waals surface area contributed by atoms with Crippen molar-refractivity contribution in [1.29, 1.82) is 0 Å². The Balaban J connectivity index is 2.12. The van der Waals surface area contributed by atoms with Crippen LogP contribution in [0.15, 0.2) is 42.5 Å². The molecule has 0 unspecified atom stereocenters. The number of alkyl halides is 3. The molecule has 0 bridgehead atoms. The molecular formula is C19H18F3NO3. The standard InChI is InChI=1S/C19H18F3NO3/c1-11(2)25-14-8-9-15-16(10-14)26-18(19(20,21)22,23-17(15)24)13-6-4-12(3)5-7-13/h4-11H,1-3H3,(H,23,24)/t18-/m1/s1. The summed E-state index contributed by atoms with van der Waals surface area (Å²) in [7, 11) is 0. The number of carbonyl (C=O) groups is 1. The molecule has 3 rings (SSSR count). The summed E-state index contributed by atoms with van der Waals surface area (Å²) in [5.41, 5.74) is -2.35. The third-order valence-electron chi connectivity index (χ3n) is 3.98. The Labute approximate surface area is 148 Å². The molecule has 1 amide bonds. The number of hydrogen-bond acceptors (Lipinski definition) is 3. The van der Waals surface area contributed by atoms with Gasteiger partial charge >= 0.3 is 11.9 Å².